The molecule has 0 aliphatic heterocycles. The molecule has 0 aromatic heterocycles. The fraction of sp³-hybridized carbons (Fsp3) is 0.200. The lowest BCUT2D eigenvalue weighted by Crippen LogP contribution is -2.26. The van der Waals surface area contributed by atoms with E-state index in [-0.39, 0.29) is 34.4 Å². The number of sulfonamides is 1. The smallest absolute Gasteiger partial charge is 0.340 e. The van der Waals surface area contributed by atoms with Gasteiger partial charge < -0.3 is 9.47 Å². The molecule has 0 saturated carbocycles. The molecule has 0 amide bonds. The molecule has 178 valence electrons. The number of Topliss-reactive ketones (excluding diaryl/α,β-unsaturated/α-hetero) is 1. The lowest BCUT2D eigenvalue weighted by Gasteiger charge is -2.18. The minimum absolute atomic E-state index is 0.0547. The molecule has 0 bridgehead atoms. The number of benzene rings is 3. The van der Waals surface area contributed by atoms with Crippen LogP contribution < -0.4 is 4.74 Å². The molecule has 0 unspecified atom stereocenters. The molecular weight excluding hydrogens is 478 g/mol. The standard InChI is InChI=1S/C25H24ClNO6S/c1-17(28)19-9-12-24(32-3)20(13-19)16-33-25(29)22-14-21(10-11-23(22)26)34(30,31)27(2)15-18-7-5-4-6-8-18/h4-14H,15-16H2,1-3H3. The van der Waals surface area contributed by atoms with Crippen LogP contribution in [0, 0.1) is 0 Å². The zero-order chi connectivity index (χ0) is 24.9. The van der Waals surface area contributed by atoms with Crippen LogP contribution in [0.1, 0.15) is 38.8 Å². The Morgan fingerprint density at radius 3 is 2.35 bits per heavy atom. The van der Waals surface area contributed by atoms with Gasteiger partial charge in [0, 0.05) is 24.7 Å². The van der Waals surface area contributed by atoms with Gasteiger partial charge in [-0.15, -0.1) is 0 Å². The SMILES string of the molecule is COc1ccc(C(C)=O)cc1COC(=O)c1cc(S(=O)(=O)N(C)Cc2ccccc2)ccc1Cl. The van der Waals surface area contributed by atoms with Crippen molar-refractivity contribution in [1.82, 2.24) is 4.31 Å². The van der Waals surface area contributed by atoms with Crippen LogP contribution in [-0.4, -0.2) is 38.6 Å². The number of nitrogens with zero attached hydrogens (tertiary/aromatic N) is 1. The Kier molecular flexibility index (Phi) is 8.09. The summed E-state index contributed by atoms with van der Waals surface area (Å²) in [5, 5.41) is 0.0547. The third-order valence-corrected chi connectivity index (χ3v) is 7.29. The van der Waals surface area contributed by atoms with E-state index in [1.165, 1.54) is 43.6 Å². The number of ketones is 1. The van der Waals surface area contributed by atoms with E-state index in [0.29, 0.717) is 16.9 Å². The van der Waals surface area contributed by atoms with Gasteiger partial charge in [-0.1, -0.05) is 41.9 Å². The Morgan fingerprint density at radius 2 is 1.71 bits per heavy atom. The number of esters is 1. The molecule has 0 fully saturated rings. The molecule has 3 rings (SSSR count). The fourth-order valence-corrected chi connectivity index (χ4v) is 4.64. The first kappa shape index (κ1) is 25.4. The van der Waals surface area contributed by atoms with Gasteiger partial charge in [0.1, 0.15) is 12.4 Å². The molecule has 9 heteroatoms. The lowest BCUT2D eigenvalue weighted by atomic mass is 10.1. The maximum atomic E-state index is 13.1. The molecule has 7 nitrogen and oxygen atoms in total. The van der Waals surface area contributed by atoms with Crippen LogP contribution in [0.5, 0.6) is 5.75 Å². The normalized spacial score (nSPS) is 11.3. The van der Waals surface area contributed by atoms with Crippen molar-refractivity contribution in [2.24, 2.45) is 0 Å². The predicted octanol–water partition coefficient (Wildman–Crippen LogP) is 4.73. The minimum Gasteiger partial charge on any atom is -0.496 e. The molecule has 3 aromatic carbocycles. The number of carbonyl (C=O) groups is 2. The Hall–Kier alpha value is -3.20. The molecule has 0 radical (unpaired) electrons. The first-order valence-corrected chi connectivity index (χ1v) is 12.1. The molecule has 0 heterocycles. The fourth-order valence-electron chi connectivity index (χ4n) is 3.26. The topological polar surface area (TPSA) is 90.0 Å². The maximum Gasteiger partial charge on any atom is 0.340 e. The Balaban J connectivity index is 1.81. The van der Waals surface area contributed by atoms with Crippen molar-refractivity contribution in [3.63, 3.8) is 0 Å². The number of halogens is 1. The molecule has 0 N–H and O–H groups in total. The number of ether oxygens (including phenoxy) is 2. The molecule has 0 aliphatic rings. The van der Waals surface area contributed by atoms with Crippen LogP contribution in [0.3, 0.4) is 0 Å². The second-order valence-electron chi connectivity index (χ2n) is 7.55. The third kappa shape index (κ3) is 5.83. The summed E-state index contributed by atoms with van der Waals surface area (Å²) in [4.78, 5) is 24.4. The van der Waals surface area contributed by atoms with Crippen LogP contribution in [0.2, 0.25) is 5.02 Å². The second-order valence-corrected chi connectivity index (χ2v) is 10.00. The summed E-state index contributed by atoms with van der Waals surface area (Å²) in [6.45, 7) is 1.40. The van der Waals surface area contributed by atoms with Gasteiger partial charge in [-0.05, 0) is 48.9 Å². The highest BCUT2D eigenvalue weighted by Gasteiger charge is 2.24. The quantitative estimate of drug-likeness (QED) is 0.311. The average Bonchev–Trinajstić information content (AvgIpc) is 2.83. The van der Waals surface area contributed by atoms with Gasteiger partial charge in [0.2, 0.25) is 10.0 Å². The van der Waals surface area contributed by atoms with E-state index in [0.717, 1.165) is 5.56 Å². The van der Waals surface area contributed by atoms with Crippen molar-refractivity contribution in [2.75, 3.05) is 14.2 Å². The van der Waals surface area contributed by atoms with E-state index in [9.17, 15) is 18.0 Å². The first-order valence-electron chi connectivity index (χ1n) is 10.3. The highest BCUT2D eigenvalue weighted by Crippen LogP contribution is 2.26. The molecule has 34 heavy (non-hydrogen) atoms. The van der Waals surface area contributed by atoms with E-state index in [1.54, 1.807) is 18.2 Å². The lowest BCUT2D eigenvalue weighted by molar-refractivity contribution is 0.0470. The van der Waals surface area contributed by atoms with Gasteiger partial charge in [-0.25, -0.2) is 13.2 Å². The molecular formula is C25H24ClNO6S. The van der Waals surface area contributed by atoms with Gasteiger partial charge in [0.15, 0.2) is 5.78 Å². The van der Waals surface area contributed by atoms with E-state index < -0.39 is 16.0 Å². The third-order valence-electron chi connectivity index (χ3n) is 5.16. The molecule has 0 atom stereocenters. The van der Waals surface area contributed by atoms with Crippen molar-refractivity contribution in [2.45, 2.75) is 25.0 Å². The number of carbonyl (C=O) groups excluding carboxylic acids is 2. The van der Waals surface area contributed by atoms with Crippen molar-refractivity contribution < 1.29 is 27.5 Å². The van der Waals surface area contributed by atoms with Crippen LogP contribution in [0.15, 0.2) is 71.6 Å². The van der Waals surface area contributed by atoms with Crippen molar-refractivity contribution in [3.05, 3.63) is 94.0 Å². The Bertz CT molecular complexity index is 1310. The zero-order valence-corrected chi connectivity index (χ0v) is 20.5. The summed E-state index contributed by atoms with van der Waals surface area (Å²) in [5.74, 6) is -0.499. The number of hydrogen-bond acceptors (Lipinski definition) is 6. The summed E-state index contributed by atoms with van der Waals surface area (Å²) >= 11 is 6.18. The Morgan fingerprint density at radius 1 is 1.00 bits per heavy atom. The van der Waals surface area contributed by atoms with E-state index in [2.05, 4.69) is 0 Å². The number of rotatable bonds is 9. The van der Waals surface area contributed by atoms with E-state index in [4.69, 9.17) is 21.1 Å². The van der Waals surface area contributed by atoms with Gasteiger partial charge in [0.25, 0.3) is 0 Å². The molecule has 3 aromatic rings. The predicted molar refractivity (Wildman–Crippen MR) is 129 cm³/mol. The number of hydrogen-bond donors (Lipinski definition) is 0. The monoisotopic (exact) mass is 501 g/mol. The van der Waals surface area contributed by atoms with Gasteiger partial charge >= 0.3 is 5.97 Å². The summed E-state index contributed by atoms with van der Waals surface area (Å²) in [6, 6.07) is 17.8. The maximum absolute atomic E-state index is 13.1. The van der Waals surface area contributed by atoms with E-state index in [1.807, 2.05) is 30.3 Å². The van der Waals surface area contributed by atoms with Crippen molar-refractivity contribution >= 4 is 33.4 Å². The van der Waals surface area contributed by atoms with Crippen LogP contribution in [-0.2, 0) is 27.9 Å². The molecule has 0 spiro atoms. The minimum atomic E-state index is -3.89. The van der Waals surface area contributed by atoms with Crippen molar-refractivity contribution in [1.29, 1.82) is 0 Å². The van der Waals surface area contributed by atoms with E-state index >= 15 is 0 Å². The summed E-state index contributed by atoms with van der Waals surface area (Å²) in [7, 11) is -0.968. The highest BCUT2D eigenvalue weighted by molar-refractivity contribution is 7.89. The van der Waals surface area contributed by atoms with Gasteiger partial charge in [0.05, 0.1) is 22.6 Å². The van der Waals surface area contributed by atoms with Gasteiger partial charge in [-0.3, -0.25) is 4.79 Å². The highest BCUT2D eigenvalue weighted by atomic mass is 35.5. The molecule has 0 aliphatic carbocycles. The number of methoxy groups -OCH3 is 1. The molecule has 0 saturated heterocycles. The second kappa shape index (κ2) is 10.8. The average molecular weight is 502 g/mol. The first-order chi connectivity index (χ1) is 16.1. The summed E-state index contributed by atoms with van der Waals surface area (Å²) in [6.07, 6.45) is 0. The van der Waals surface area contributed by atoms with Gasteiger partial charge in [-0.2, -0.15) is 4.31 Å². The van der Waals surface area contributed by atoms with Crippen LogP contribution >= 0.6 is 11.6 Å². The Labute approximate surface area is 203 Å². The summed E-state index contributed by atoms with van der Waals surface area (Å²) in [5.41, 5.74) is 1.67. The van der Waals surface area contributed by atoms with Crippen LogP contribution in [0.4, 0.5) is 0 Å². The van der Waals surface area contributed by atoms with Crippen LogP contribution in [0.25, 0.3) is 0 Å². The van der Waals surface area contributed by atoms with Crippen molar-refractivity contribution in [3.8, 4) is 5.75 Å². The zero-order valence-electron chi connectivity index (χ0n) is 18.9. The summed E-state index contributed by atoms with van der Waals surface area (Å²) < 4.78 is 38.0. The largest absolute Gasteiger partial charge is 0.496 e.